The lowest BCUT2D eigenvalue weighted by Crippen LogP contribution is -2.38. The molecule has 0 amide bonds. The summed E-state index contributed by atoms with van der Waals surface area (Å²) >= 11 is 0. The number of benzene rings is 1. The predicted octanol–water partition coefficient (Wildman–Crippen LogP) is 2.36. The van der Waals surface area contributed by atoms with Crippen LogP contribution in [0.15, 0.2) is 30.5 Å². The number of halogens is 2. The van der Waals surface area contributed by atoms with Crippen molar-refractivity contribution in [2.24, 2.45) is 5.84 Å². The molecule has 0 bridgehead atoms. The molecule has 0 saturated carbocycles. The number of hydrogen-bond acceptors (Lipinski definition) is 3. The lowest BCUT2D eigenvalue weighted by atomic mass is 10.0. The highest BCUT2D eigenvalue weighted by atomic mass is 19.1. The van der Waals surface area contributed by atoms with Crippen LogP contribution in [-0.4, -0.2) is 15.8 Å². The summed E-state index contributed by atoms with van der Waals surface area (Å²) in [5, 5.41) is 4.45. The van der Waals surface area contributed by atoms with Crippen LogP contribution in [0.3, 0.4) is 0 Å². The van der Waals surface area contributed by atoms with Crippen molar-refractivity contribution in [2.45, 2.75) is 38.8 Å². The van der Waals surface area contributed by atoms with E-state index in [1.165, 1.54) is 12.1 Å². The normalized spacial score (nSPS) is 12.9. The lowest BCUT2D eigenvalue weighted by molar-refractivity contribution is 0.492. The molecule has 0 radical (unpaired) electrons. The van der Waals surface area contributed by atoms with Gasteiger partial charge in [0.15, 0.2) is 0 Å². The minimum absolute atomic E-state index is 0.137. The maximum Gasteiger partial charge on any atom is 0.126 e. The maximum absolute atomic E-state index is 13.2. The van der Waals surface area contributed by atoms with Gasteiger partial charge in [0.05, 0.1) is 5.69 Å². The third-order valence-corrected chi connectivity index (χ3v) is 3.29. The maximum atomic E-state index is 13.2. The van der Waals surface area contributed by atoms with Crippen LogP contribution >= 0.6 is 0 Å². The first-order valence-electron chi connectivity index (χ1n) is 6.93. The molecule has 0 aliphatic carbocycles. The molecule has 4 nitrogen and oxygen atoms in total. The van der Waals surface area contributed by atoms with Crippen molar-refractivity contribution >= 4 is 0 Å². The molecule has 114 valence electrons. The van der Waals surface area contributed by atoms with Crippen LogP contribution in [0.2, 0.25) is 0 Å². The van der Waals surface area contributed by atoms with Gasteiger partial charge in [0, 0.05) is 30.8 Å². The Hall–Kier alpha value is -1.79. The van der Waals surface area contributed by atoms with E-state index in [1.54, 1.807) is 0 Å². The molecule has 1 unspecified atom stereocenters. The van der Waals surface area contributed by atoms with Crippen LogP contribution in [0.5, 0.6) is 0 Å². The van der Waals surface area contributed by atoms with E-state index in [4.69, 9.17) is 5.84 Å². The van der Waals surface area contributed by atoms with Crippen LogP contribution in [-0.2, 0) is 12.8 Å². The molecule has 2 aromatic rings. The summed E-state index contributed by atoms with van der Waals surface area (Å²) < 4.78 is 28.3. The second-order valence-corrected chi connectivity index (χ2v) is 5.43. The summed E-state index contributed by atoms with van der Waals surface area (Å²) in [6, 6.07) is 5.58. The van der Waals surface area contributed by atoms with Gasteiger partial charge in [0.1, 0.15) is 11.6 Å². The summed E-state index contributed by atoms with van der Waals surface area (Å²) in [6.45, 7) is 4.09. The number of nitrogens with one attached hydrogen (secondary N) is 1. The Balaban J connectivity index is 2.05. The van der Waals surface area contributed by atoms with Gasteiger partial charge in [0.2, 0.25) is 0 Å². The lowest BCUT2D eigenvalue weighted by Gasteiger charge is -2.15. The van der Waals surface area contributed by atoms with Crippen LogP contribution in [0, 0.1) is 11.6 Å². The predicted molar refractivity (Wildman–Crippen MR) is 77.5 cm³/mol. The average molecular weight is 294 g/mol. The quantitative estimate of drug-likeness (QED) is 0.635. The Bertz CT molecular complexity index is 575. The fraction of sp³-hybridized carbons (Fsp3) is 0.400. The molecule has 2 rings (SSSR count). The fourth-order valence-corrected chi connectivity index (χ4v) is 2.23. The molecule has 0 saturated heterocycles. The number of hydrazine groups is 1. The monoisotopic (exact) mass is 294 g/mol. The van der Waals surface area contributed by atoms with E-state index >= 15 is 0 Å². The highest BCUT2D eigenvalue weighted by Crippen LogP contribution is 2.12. The van der Waals surface area contributed by atoms with Gasteiger partial charge in [0.25, 0.3) is 0 Å². The van der Waals surface area contributed by atoms with Gasteiger partial charge in [-0.1, -0.05) is 0 Å². The van der Waals surface area contributed by atoms with E-state index < -0.39 is 11.6 Å². The highest BCUT2D eigenvalue weighted by Gasteiger charge is 2.13. The number of rotatable bonds is 6. The summed E-state index contributed by atoms with van der Waals surface area (Å²) in [7, 11) is 0. The summed E-state index contributed by atoms with van der Waals surface area (Å²) in [5.41, 5.74) is 4.14. The standard InChI is InChI=1S/C15H20F2N4/c1-10(2)21-4-3-14(20-21)9-15(19-18)7-11-5-12(16)8-13(17)6-11/h3-6,8,10,15,19H,7,9,18H2,1-2H3. The van der Waals surface area contributed by atoms with Gasteiger partial charge in [-0.25, -0.2) is 8.78 Å². The molecular formula is C15H20F2N4. The Morgan fingerprint density at radius 1 is 1.19 bits per heavy atom. The third kappa shape index (κ3) is 4.34. The zero-order valence-electron chi connectivity index (χ0n) is 12.2. The molecule has 1 aromatic heterocycles. The molecule has 0 spiro atoms. The Kier molecular flexibility index (Phi) is 5.03. The summed E-state index contributed by atoms with van der Waals surface area (Å²) in [6.07, 6.45) is 2.93. The first kappa shape index (κ1) is 15.6. The molecular weight excluding hydrogens is 274 g/mol. The van der Waals surface area contributed by atoms with E-state index in [0.29, 0.717) is 24.4 Å². The van der Waals surface area contributed by atoms with Gasteiger partial charge in [-0.05, 0) is 44.0 Å². The first-order valence-corrected chi connectivity index (χ1v) is 6.93. The van der Waals surface area contributed by atoms with E-state index in [0.717, 1.165) is 11.8 Å². The van der Waals surface area contributed by atoms with Crippen molar-refractivity contribution in [3.63, 3.8) is 0 Å². The SMILES string of the molecule is CC(C)n1ccc(CC(Cc2cc(F)cc(F)c2)NN)n1. The second kappa shape index (κ2) is 6.78. The summed E-state index contributed by atoms with van der Waals surface area (Å²) in [5.74, 6) is 4.38. The van der Waals surface area contributed by atoms with Crippen LogP contribution in [0.4, 0.5) is 8.78 Å². The number of aromatic nitrogens is 2. The molecule has 21 heavy (non-hydrogen) atoms. The molecule has 1 heterocycles. The average Bonchev–Trinajstić information content (AvgIpc) is 2.85. The van der Waals surface area contributed by atoms with Crippen LogP contribution in [0.1, 0.15) is 31.1 Å². The van der Waals surface area contributed by atoms with E-state index in [1.807, 2.05) is 30.8 Å². The second-order valence-electron chi connectivity index (χ2n) is 5.43. The Labute approximate surface area is 122 Å². The zero-order valence-corrected chi connectivity index (χ0v) is 12.2. The number of nitrogens with zero attached hydrogens (tertiary/aromatic N) is 2. The number of nitrogens with two attached hydrogens (primary N) is 1. The van der Waals surface area contributed by atoms with Crippen LogP contribution in [0.25, 0.3) is 0 Å². The molecule has 0 aliphatic heterocycles. The summed E-state index contributed by atoms with van der Waals surface area (Å²) in [4.78, 5) is 0. The van der Waals surface area contributed by atoms with Gasteiger partial charge in [-0.2, -0.15) is 5.10 Å². The minimum Gasteiger partial charge on any atom is -0.271 e. The third-order valence-electron chi connectivity index (χ3n) is 3.29. The smallest absolute Gasteiger partial charge is 0.126 e. The molecule has 0 aliphatic rings. The van der Waals surface area contributed by atoms with Crippen molar-refractivity contribution in [1.82, 2.24) is 15.2 Å². The first-order chi connectivity index (χ1) is 9.97. The highest BCUT2D eigenvalue weighted by molar-refractivity contribution is 5.19. The Morgan fingerprint density at radius 3 is 2.38 bits per heavy atom. The zero-order chi connectivity index (χ0) is 15.4. The van der Waals surface area contributed by atoms with E-state index in [-0.39, 0.29) is 6.04 Å². The fourth-order valence-electron chi connectivity index (χ4n) is 2.23. The topological polar surface area (TPSA) is 55.9 Å². The number of hydrogen-bond donors (Lipinski definition) is 2. The minimum atomic E-state index is -0.579. The molecule has 3 N–H and O–H groups in total. The van der Waals surface area contributed by atoms with Crippen LogP contribution < -0.4 is 11.3 Å². The van der Waals surface area contributed by atoms with E-state index in [9.17, 15) is 8.78 Å². The van der Waals surface area contributed by atoms with E-state index in [2.05, 4.69) is 10.5 Å². The van der Waals surface area contributed by atoms with Crippen molar-refractivity contribution in [1.29, 1.82) is 0 Å². The molecule has 1 atom stereocenters. The largest absolute Gasteiger partial charge is 0.271 e. The van der Waals surface area contributed by atoms with Gasteiger partial charge in [-0.15, -0.1) is 0 Å². The molecule has 6 heteroatoms. The molecule has 0 fully saturated rings. The van der Waals surface area contributed by atoms with Gasteiger partial charge in [-0.3, -0.25) is 16.0 Å². The van der Waals surface area contributed by atoms with Crippen molar-refractivity contribution in [3.8, 4) is 0 Å². The van der Waals surface area contributed by atoms with Crippen molar-refractivity contribution in [2.75, 3.05) is 0 Å². The van der Waals surface area contributed by atoms with Gasteiger partial charge >= 0.3 is 0 Å². The van der Waals surface area contributed by atoms with Crippen molar-refractivity contribution in [3.05, 3.63) is 53.4 Å². The van der Waals surface area contributed by atoms with Gasteiger partial charge < -0.3 is 0 Å². The van der Waals surface area contributed by atoms with Crippen molar-refractivity contribution < 1.29 is 8.78 Å². The Morgan fingerprint density at radius 2 is 1.86 bits per heavy atom. The molecule has 1 aromatic carbocycles.